The van der Waals surface area contributed by atoms with E-state index in [4.69, 9.17) is 0 Å². The number of hydrogen-bond donors (Lipinski definition) is 2. The molecule has 0 fully saturated rings. The summed E-state index contributed by atoms with van der Waals surface area (Å²) in [6.07, 6.45) is 2.83. The average molecular weight is 255 g/mol. The number of hydrogen-bond acceptors (Lipinski definition) is 4. The zero-order chi connectivity index (χ0) is 13.2. The molecule has 94 valence electrons. The molecule has 0 radical (unpaired) electrons. The van der Waals surface area contributed by atoms with Crippen molar-refractivity contribution in [2.75, 3.05) is 5.32 Å². The van der Waals surface area contributed by atoms with Crippen LogP contribution in [-0.2, 0) is 0 Å². The maximum Gasteiger partial charge on any atom is 0.335 e. The molecule has 0 aliphatic rings. The minimum Gasteiger partial charge on any atom is -0.430 e. The molecule has 3 rings (SSSR count). The van der Waals surface area contributed by atoms with E-state index in [0.717, 1.165) is 17.2 Å². The Labute approximate surface area is 107 Å². The normalized spacial score (nSPS) is 10.5. The van der Waals surface area contributed by atoms with Crippen molar-refractivity contribution < 1.29 is 9.21 Å². The van der Waals surface area contributed by atoms with E-state index in [9.17, 15) is 9.59 Å². The molecule has 0 spiro atoms. The van der Waals surface area contributed by atoms with Gasteiger partial charge in [-0.1, -0.05) is 0 Å². The number of amides is 1. The Bertz CT molecular complexity index is 784. The van der Waals surface area contributed by atoms with Gasteiger partial charge in [-0.2, -0.15) is 5.10 Å². The maximum atomic E-state index is 11.9. The van der Waals surface area contributed by atoms with Gasteiger partial charge in [-0.15, -0.1) is 0 Å². The van der Waals surface area contributed by atoms with Crippen LogP contribution < -0.4 is 10.9 Å². The van der Waals surface area contributed by atoms with E-state index in [1.54, 1.807) is 18.3 Å². The van der Waals surface area contributed by atoms with E-state index in [1.807, 2.05) is 6.07 Å². The maximum absolute atomic E-state index is 11.9. The summed E-state index contributed by atoms with van der Waals surface area (Å²) < 4.78 is 4.64. The summed E-state index contributed by atoms with van der Waals surface area (Å²) in [4.78, 5) is 22.7. The number of benzene rings is 1. The number of rotatable bonds is 2. The summed E-state index contributed by atoms with van der Waals surface area (Å²) in [6.45, 7) is 0. The van der Waals surface area contributed by atoms with Crippen LogP contribution in [0.5, 0.6) is 0 Å². The number of nitrogens with one attached hydrogen (secondary N) is 2. The molecular formula is C13H9N3O3. The predicted molar refractivity (Wildman–Crippen MR) is 69.0 cm³/mol. The van der Waals surface area contributed by atoms with Crippen molar-refractivity contribution in [3.05, 3.63) is 58.8 Å². The molecule has 2 aromatic heterocycles. The summed E-state index contributed by atoms with van der Waals surface area (Å²) in [5.41, 5.74) is 1.25. The molecule has 1 amide bonds. The van der Waals surface area contributed by atoms with E-state index in [0.29, 0.717) is 5.69 Å². The first-order valence-corrected chi connectivity index (χ1v) is 5.56. The molecular weight excluding hydrogens is 246 g/mol. The van der Waals surface area contributed by atoms with Gasteiger partial charge in [0.2, 0.25) is 0 Å². The molecule has 0 unspecified atom stereocenters. The summed E-state index contributed by atoms with van der Waals surface area (Å²) in [5.74, 6) is -0.345. The summed E-state index contributed by atoms with van der Waals surface area (Å²) in [7, 11) is 0. The van der Waals surface area contributed by atoms with Crippen LogP contribution in [0.1, 0.15) is 10.4 Å². The Morgan fingerprint density at radius 1 is 1.26 bits per heavy atom. The highest BCUT2D eigenvalue weighted by atomic mass is 16.4. The summed E-state index contributed by atoms with van der Waals surface area (Å²) in [6, 6.07) is 8.01. The molecule has 3 aromatic rings. The van der Waals surface area contributed by atoms with Crippen LogP contribution in [0.25, 0.3) is 10.9 Å². The molecule has 2 N–H and O–H groups in total. The smallest absolute Gasteiger partial charge is 0.335 e. The lowest BCUT2D eigenvalue weighted by Crippen LogP contribution is -2.12. The van der Waals surface area contributed by atoms with Gasteiger partial charge in [-0.05, 0) is 24.3 Å². The average Bonchev–Trinajstić information content (AvgIpc) is 2.87. The number of nitrogens with zero attached hydrogens (tertiary/aromatic N) is 1. The van der Waals surface area contributed by atoms with E-state index in [1.165, 1.54) is 12.1 Å². The number of carbonyl (C=O) groups is 1. The lowest BCUT2D eigenvalue weighted by Gasteiger charge is -2.04. The second kappa shape index (κ2) is 4.41. The predicted octanol–water partition coefficient (Wildman–Crippen LogP) is 1.77. The standard InChI is InChI=1S/C13H9N3O3/c17-12-4-2-9(7-19-12)13(18)15-10-3-1-8-6-14-16-11(8)5-10/h1-7H,(H,14,16)(H,15,18). The monoisotopic (exact) mass is 255 g/mol. The number of fused-ring (bicyclic) bond motifs is 1. The number of carbonyl (C=O) groups excluding carboxylic acids is 1. The minimum absolute atomic E-state index is 0.282. The van der Waals surface area contributed by atoms with Gasteiger partial charge in [0.15, 0.2) is 0 Å². The Morgan fingerprint density at radius 2 is 2.16 bits per heavy atom. The van der Waals surface area contributed by atoms with Crippen LogP contribution >= 0.6 is 0 Å². The first-order valence-electron chi connectivity index (χ1n) is 5.56. The third-order valence-corrected chi connectivity index (χ3v) is 2.66. The highest BCUT2D eigenvalue weighted by molar-refractivity contribution is 6.04. The lowest BCUT2D eigenvalue weighted by atomic mass is 10.2. The summed E-state index contributed by atoms with van der Waals surface area (Å²) in [5, 5.41) is 10.4. The van der Waals surface area contributed by atoms with E-state index >= 15 is 0 Å². The fourth-order valence-corrected chi connectivity index (χ4v) is 1.71. The molecule has 1 aromatic carbocycles. The molecule has 19 heavy (non-hydrogen) atoms. The van der Waals surface area contributed by atoms with Crippen LogP contribution in [-0.4, -0.2) is 16.1 Å². The van der Waals surface area contributed by atoms with Gasteiger partial charge in [0.25, 0.3) is 5.91 Å². The molecule has 6 heteroatoms. The van der Waals surface area contributed by atoms with Crippen molar-refractivity contribution in [3.8, 4) is 0 Å². The fourth-order valence-electron chi connectivity index (χ4n) is 1.71. The van der Waals surface area contributed by atoms with Gasteiger partial charge in [0.1, 0.15) is 6.26 Å². The Balaban J connectivity index is 1.85. The first-order chi connectivity index (χ1) is 9.22. The number of aromatic amines is 1. The topological polar surface area (TPSA) is 88.0 Å². The zero-order valence-electron chi connectivity index (χ0n) is 9.71. The highest BCUT2D eigenvalue weighted by Crippen LogP contribution is 2.17. The van der Waals surface area contributed by atoms with Crippen molar-refractivity contribution >= 4 is 22.5 Å². The quantitative estimate of drug-likeness (QED) is 0.730. The largest absolute Gasteiger partial charge is 0.430 e. The van der Waals surface area contributed by atoms with Gasteiger partial charge < -0.3 is 9.73 Å². The van der Waals surface area contributed by atoms with Gasteiger partial charge in [-0.3, -0.25) is 9.89 Å². The molecule has 2 heterocycles. The van der Waals surface area contributed by atoms with Crippen molar-refractivity contribution in [2.24, 2.45) is 0 Å². The zero-order valence-corrected chi connectivity index (χ0v) is 9.71. The molecule has 0 saturated heterocycles. The SMILES string of the molecule is O=C(Nc1ccc2cn[nH]c2c1)c1ccc(=O)oc1. The van der Waals surface area contributed by atoms with Crippen molar-refractivity contribution in [2.45, 2.75) is 0 Å². The van der Waals surface area contributed by atoms with Gasteiger partial charge >= 0.3 is 5.63 Å². The number of aromatic nitrogens is 2. The highest BCUT2D eigenvalue weighted by Gasteiger charge is 2.07. The van der Waals surface area contributed by atoms with E-state index in [2.05, 4.69) is 19.9 Å². The van der Waals surface area contributed by atoms with Crippen molar-refractivity contribution in [1.29, 1.82) is 0 Å². The minimum atomic E-state index is -0.490. The molecule has 0 aliphatic heterocycles. The Morgan fingerprint density at radius 3 is 2.95 bits per heavy atom. The van der Waals surface area contributed by atoms with Gasteiger partial charge in [0, 0.05) is 17.1 Å². The molecule has 6 nitrogen and oxygen atoms in total. The van der Waals surface area contributed by atoms with Crippen LogP contribution in [0.15, 0.2) is 52.0 Å². The lowest BCUT2D eigenvalue weighted by molar-refractivity contribution is 0.102. The number of anilines is 1. The van der Waals surface area contributed by atoms with Crippen molar-refractivity contribution in [1.82, 2.24) is 10.2 Å². The molecule has 0 atom stereocenters. The van der Waals surface area contributed by atoms with E-state index < -0.39 is 5.63 Å². The molecule has 0 saturated carbocycles. The fraction of sp³-hybridized carbons (Fsp3) is 0. The summed E-state index contributed by atoms with van der Waals surface area (Å²) >= 11 is 0. The third kappa shape index (κ3) is 2.23. The molecule has 0 bridgehead atoms. The van der Waals surface area contributed by atoms with E-state index in [-0.39, 0.29) is 11.5 Å². The van der Waals surface area contributed by atoms with Crippen LogP contribution in [0.3, 0.4) is 0 Å². The molecule has 0 aliphatic carbocycles. The van der Waals surface area contributed by atoms with Gasteiger partial charge in [-0.25, -0.2) is 4.79 Å². The number of H-pyrrole nitrogens is 1. The first kappa shape index (κ1) is 11.2. The second-order valence-electron chi connectivity index (χ2n) is 3.97. The second-order valence-corrected chi connectivity index (χ2v) is 3.97. The Kier molecular flexibility index (Phi) is 2.60. The van der Waals surface area contributed by atoms with Gasteiger partial charge in [0.05, 0.1) is 17.3 Å². The van der Waals surface area contributed by atoms with Crippen LogP contribution in [0.2, 0.25) is 0 Å². The Hall–Kier alpha value is -2.89. The van der Waals surface area contributed by atoms with Crippen LogP contribution in [0, 0.1) is 0 Å². The van der Waals surface area contributed by atoms with Crippen LogP contribution in [0.4, 0.5) is 5.69 Å². The third-order valence-electron chi connectivity index (χ3n) is 2.66. The van der Waals surface area contributed by atoms with Crippen molar-refractivity contribution in [3.63, 3.8) is 0 Å².